The lowest BCUT2D eigenvalue weighted by atomic mass is 10.0. The molecule has 0 saturated carbocycles. The van der Waals surface area contributed by atoms with Crippen LogP contribution in [0.1, 0.15) is 290 Å². The predicted molar refractivity (Wildman–Crippen MR) is 270 cm³/mol. The quantitative estimate of drug-likeness (QED) is 0.0262. The summed E-state index contributed by atoms with van der Waals surface area (Å²) in [5.74, 6) is -0.873. The van der Waals surface area contributed by atoms with E-state index in [9.17, 15) is 14.4 Å². The Hall–Kier alpha value is -2.37. The van der Waals surface area contributed by atoms with Crippen molar-refractivity contribution in [2.24, 2.45) is 0 Å². The first-order valence-corrected chi connectivity index (χ1v) is 27.5. The van der Waals surface area contributed by atoms with Gasteiger partial charge >= 0.3 is 17.9 Å². The topological polar surface area (TPSA) is 78.9 Å². The molecule has 63 heavy (non-hydrogen) atoms. The van der Waals surface area contributed by atoms with Gasteiger partial charge in [-0.2, -0.15) is 0 Å². The number of unbranched alkanes of at least 4 members (excludes halogenated alkanes) is 33. The molecule has 0 unspecified atom stereocenters. The summed E-state index contributed by atoms with van der Waals surface area (Å²) in [6.45, 7) is 6.61. The number of hydrogen-bond donors (Lipinski definition) is 0. The van der Waals surface area contributed by atoms with Crippen LogP contribution in [0.5, 0.6) is 0 Å². The van der Waals surface area contributed by atoms with Crippen molar-refractivity contribution in [1.82, 2.24) is 0 Å². The molecule has 0 fully saturated rings. The van der Waals surface area contributed by atoms with E-state index in [1.807, 2.05) is 0 Å². The van der Waals surface area contributed by atoms with Gasteiger partial charge < -0.3 is 14.2 Å². The van der Waals surface area contributed by atoms with Crippen LogP contribution in [0, 0.1) is 0 Å². The molecule has 1 atom stereocenters. The average Bonchev–Trinajstić information content (AvgIpc) is 3.28. The van der Waals surface area contributed by atoms with Gasteiger partial charge in [0.1, 0.15) is 13.2 Å². The maximum atomic E-state index is 12.8. The van der Waals surface area contributed by atoms with Gasteiger partial charge in [-0.3, -0.25) is 14.4 Å². The molecule has 0 aromatic heterocycles. The van der Waals surface area contributed by atoms with Crippen LogP contribution in [0.3, 0.4) is 0 Å². The first-order valence-electron chi connectivity index (χ1n) is 27.5. The van der Waals surface area contributed by atoms with E-state index in [1.165, 1.54) is 180 Å². The number of ether oxygens (including phenoxy) is 3. The second kappa shape index (κ2) is 52.3. The molecule has 0 aliphatic heterocycles. The Balaban J connectivity index is 4.32. The number of rotatable bonds is 50. The summed E-state index contributed by atoms with van der Waals surface area (Å²) in [6.07, 6.45) is 61.2. The summed E-state index contributed by atoms with van der Waals surface area (Å²) < 4.78 is 16.8. The molecule has 0 aromatic carbocycles. The molecule has 0 rings (SSSR count). The minimum absolute atomic E-state index is 0.0738. The van der Waals surface area contributed by atoms with E-state index in [2.05, 4.69) is 57.2 Å². The zero-order chi connectivity index (χ0) is 45.8. The maximum absolute atomic E-state index is 12.8. The summed E-state index contributed by atoms with van der Waals surface area (Å²) in [5.41, 5.74) is 0. The van der Waals surface area contributed by atoms with Crippen molar-refractivity contribution in [3.63, 3.8) is 0 Å². The molecule has 0 aliphatic rings. The van der Waals surface area contributed by atoms with Crippen LogP contribution in [0.25, 0.3) is 0 Å². The minimum Gasteiger partial charge on any atom is -0.462 e. The Labute approximate surface area is 391 Å². The Bertz CT molecular complexity index is 1060. The number of esters is 3. The van der Waals surface area contributed by atoms with E-state index in [1.54, 1.807) is 0 Å². The Kier molecular flexibility index (Phi) is 50.3. The van der Waals surface area contributed by atoms with Gasteiger partial charge in [0.25, 0.3) is 0 Å². The zero-order valence-corrected chi connectivity index (χ0v) is 42.1. The Morgan fingerprint density at radius 1 is 0.317 bits per heavy atom. The van der Waals surface area contributed by atoms with Crippen molar-refractivity contribution in [3.05, 3.63) is 36.5 Å². The SMILES string of the molecule is CCCCC/C=C\C/C=C\CCCCCCCCCCCC(=O)OC[C@@H](COC(=O)CCCCCCC/C=C\CCCCC)OC(=O)CCCCCCCCCCCCCCCC. The van der Waals surface area contributed by atoms with Crippen molar-refractivity contribution in [1.29, 1.82) is 0 Å². The third kappa shape index (κ3) is 50.5. The molecular formula is C57H104O6. The van der Waals surface area contributed by atoms with Crippen LogP contribution in [0.4, 0.5) is 0 Å². The van der Waals surface area contributed by atoms with E-state index in [4.69, 9.17) is 14.2 Å². The first kappa shape index (κ1) is 60.6. The molecule has 0 saturated heterocycles. The molecule has 0 heterocycles. The molecule has 0 radical (unpaired) electrons. The van der Waals surface area contributed by atoms with Crippen LogP contribution < -0.4 is 0 Å². The van der Waals surface area contributed by atoms with Crippen molar-refractivity contribution < 1.29 is 28.6 Å². The highest BCUT2D eigenvalue weighted by Crippen LogP contribution is 2.16. The van der Waals surface area contributed by atoms with Crippen LogP contribution in [0.2, 0.25) is 0 Å². The fourth-order valence-corrected chi connectivity index (χ4v) is 7.94. The number of allylic oxidation sites excluding steroid dienone is 6. The lowest BCUT2D eigenvalue weighted by Crippen LogP contribution is -2.30. The number of hydrogen-bond acceptors (Lipinski definition) is 6. The summed E-state index contributed by atoms with van der Waals surface area (Å²) in [4.78, 5) is 38.0. The van der Waals surface area contributed by atoms with Crippen molar-refractivity contribution in [3.8, 4) is 0 Å². The third-order valence-electron chi connectivity index (χ3n) is 12.1. The number of carbonyl (C=O) groups is 3. The van der Waals surface area contributed by atoms with Gasteiger partial charge in [0.2, 0.25) is 0 Å². The van der Waals surface area contributed by atoms with E-state index >= 15 is 0 Å². The van der Waals surface area contributed by atoms with Gasteiger partial charge in [0.15, 0.2) is 6.10 Å². The van der Waals surface area contributed by atoms with Crippen molar-refractivity contribution in [2.45, 2.75) is 297 Å². The highest BCUT2D eigenvalue weighted by atomic mass is 16.6. The first-order chi connectivity index (χ1) is 31.0. The average molecular weight is 885 g/mol. The van der Waals surface area contributed by atoms with E-state index in [-0.39, 0.29) is 31.1 Å². The van der Waals surface area contributed by atoms with Crippen LogP contribution in [-0.2, 0) is 28.6 Å². The molecule has 6 heteroatoms. The van der Waals surface area contributed by atoms with E-state index < -0.39 is 6.10 Å². The highest BCUT2D eigenvalue weighted by molar-refractivity contribution is 5.71. The fourth-order valence-electron chi connectivity index (χ4n) is 7.94. The van der Waals surface area contributed by atoms with Crippen molar-refractivity contribution in [2.75, 3.05) is 13.2 Å². The van der Waals surface area contributed by atoms with Gasteiger partial charge in [-0.15, -0.1) is 0 Å². The monoisotopic (exact) mass is 885 g/mol. The lowest BCUT2D eigenvalue weighted by molar-refractivity contribution is -0.167. The minimum atomic E-state index is -0.773. The maximum Gasteiger partial charge on any atom is 0.306 e. The summed E-state index contributed by atoms with van der Waals surface area (Å²) >= 11 is 0. The highest BCUT2D eigenvalue weighted by Gasteiger charge is 2.19. The van der Waals surface area contributed by atoms with Gasteiger partial charge in [-0.1, -0.05) is 231 Å². The van der Waals surface area contributed by atoms with E-state index in [0.29, 0.717) is 19.3 Å². The molecule has 368 valence electrons. The smallest absolute Gasteiger partial charge is 0.306 e. The molecule has 0 spiro atoms. The summed E-state index contributed by atoms with van der Waals surface area (Å²) in [6, 6.07) is 0. The van der Waals surface area contributed by atoms with Crippen LogP contribution >= 0.6 is 0 Å². The predicted octanol–water partition coefficient (Wildman–Crippen LogP) is 18.1. The molecule has 0 N–H and O–H groups in total. The molecule has 0 aliphatic carbocycles. The van der Waals surface area contributed by atoms with Crippen molar-refractivity contribution >= 4 is 17.9 Å². The zero-order valence-electron chi connectivity index (χ0n) is 42.1. The number of carbonyl (C=O) groups excluding carboxylic acids is 3. The third-order valence-corrected chi connectivity index (χ3v) is 12.1. The molecule has 0 bridgehead atoms. The van der Waals surface area contributed by atoms with Gasteiger partial charge in [0.05, 0.1) is 0 Å². The van der Waals surface area contributed by atoms with Crippen LogP contribution in [-0.4, -0.2) is 37.2 Å². The van der Waals surface area contributed by atoms with Gasteiger partial charge in [-0.05, 0) is 77.0 Å². The van der Waals surface area contributed by atoms with Crippen LogP contribution in [0.15, 0.2) is 36.5 Å². The Morgan fingerprint density at radius 2 is 0.571 bits per heavy atom. The lowest BCUT2D eigenvalue weighted by Gasteiger charge is -2.18. The molecule has 6 nitrogen and oxygen atoms in total. The normalized spacial score (nSPS) is 12.2. The van der Waals surface area contributed by atoms with E-state index in [0.717, 1.165) is 70.6 Å². The molecule has 0 aromatic rings. The summed E-state index contributed by atoms with van der Waals surface area (Å²) in [5, 5.41) is 0. The fraction of sp³-hybridized carbons (Fsp3) is 0.842. The van der Waals surface area contributed by atoms with Gasteiger partial charge in [0, 0.05) is 19.3 Å². The second-order valence-electron chi connectivity index (χ2n) is 18.5. The molecule has 0 amide bonds. The molecular weight excluding hydrogens is 781 g/mol. The standard InChI is InChI=1S/C57H104O6/c1-4-7-10-13-16-19-22-25-27-28-29-30-31-33-35-38-41-44-47-50-56(59)62-53-54(52-61-55(58)49-46-43-40-37-34-24-21-18-15-12-9-6-3)63-57(60)51-48-45-42-39-36-32-26-23-20-17-14-11-8-5-2/h16,18-19,21,25,27,54H,4-15,17,20,22-24,26,28-53H2,1-3H3/b19-16-,21-18-,27-25-/t54-/m1/s1. The summed E-state index contributed by atoms with van der Waals surface area (Å²) in [7, 11) is 0. The largest absolute Gasteiger partial charge is 0.462 e. The second-order valence-corrected chi connectivity index (χ2v) is 18.5. The van der Waals surface area contributed by atoms with Gasteiger partial charge in [-0.25, -0.2) is 0 Å². The Morgan fingerprint density at radius 3 is 0.921 bits per heavy atom.